The molecule has 0 fully saturated rings. The van der Waals surface area contributed by atoms with E-state index < -0.39 is 0 Å². The molecule has 0 unspecified atom stereocenters. The molecule has 2 heterocycles. The summed E-state index contributed by atoms with van der Waals surface area (Å²) in [6, 6.07) is 4.86. The quantitative estimate of drug-likeness (QED) is 0.739. The highest BCUT2D eigenvalue weighted by Gasteiger charge is 2.19. The van der Waals surface area contributed by atoms with Crippen LogP contribution in [0.3, 0.4) is 0 Å². The van der Waals surface area contributed by atoms with E-state index in [4.69, 9.17) is 11.6 Å². The van der Waals surface area contributed by atoms with Gasteiger partial charge in [-0.1, -0.05) is 11.6 Å². The number of aryl methyl sites for hydroxylation is 1. The Labute approximate surface area is 114 Å². The van der Waals surface area contributed by atoms with Crippen LogP contribution >= 0.6 is 23.4 Å². The number of rotatable bonds is 1. The Morgan fingerprint density at radius 1 is 1.28 bits per heavy atom. The number of fused-ring (bicyclic) bond motifs is 1. The Morgan fingerprint density at radius 2 is 2.11 bits per heavy atom. The summed E-state index contributed by atoms with van der Waals surface area (Å²) >= 11 is 7.94. The van der Waals surface area contributed by atoms with E-state index in [0.717, 1.165) is 28.3 Å². The van der Waals surface area contributed by atoms with E-state index in [0.29, 0.717) is 16.5 Å². The number of hydrogen-bond acceptors (Lipinski definition) is 3. The van der Waals surface area contributed by atoms with E-state index in [1.807, 2.05) is 0 Å². The van der Waals surface area contributed by atoms with E-state index in [2.05, 4.69) is 9.97 Å². The molecule has 5 heteroatoms. The first-order chi connectivity index (χ1) is 8.65. The van der Waals surface area contributed by atoms with Gasteiger partial charge < -0.3 is 0 Å². The fraction of sp³-hybridized carbons (Fsp3) is 0.231. The molecular weight excluding hydrogens is 271 g/mol. The van der Waals surface area contributed by atoms with E-state index in [1.54, 1.807) is 30.8 Å². The summed E-state index contributed by atoms with van der Waals surface area (Å²) in [5.74, 6) is 2.09. The molecule has 0 bridgehead atoms. The molecule has 0 saturated carbocycles. The molecule has 92 valence electrons. The summed E-state index contributed by atoms with van der Waals surface area (Å²) < 4.78 is 13.2. The minimum absolute atomic E-state index is 0.221. The van der Waals surface area contributed by atoms with Crippen LogP contribution in [0.1, 0.15) is 16.8 Å². The van der Waals surface area contributed by atoms with Crippen LogP contribution in [0.25, 0.3) is 11.4 Å². The monoisotopic (exact) mass is 280 g/mol. The van der Waals surface area contributed by atoms with Crippen molar-refractivity contribution in [1.82, 2.24) is 9.97 Å². The summed E-state index contributed by atoms with van der Waals surface area (Å²) in [5, 5.41) is 0.516. The van der Waals surface area contributed by atoms with Crippen LogP contribution in [0.2, 0.25) is 5.15 Å². The van der Waals surface area contributed by atoms with Gasteiger partial charge in [0.2, 0.25) is 0 Å². The lowest BCUT2D eigenvalue weighted by Crippen LogP contribution is -1.98. The first-order valence-electron chi connectivity index (χ1n) is 5.54. The van der Waals surface area contributed by atoms with Crippen LogP contribution in [0.4, 0.5) is 4.39 Å². The van der Waals surface area contributed by atoms with E-state index in [1.165, 1.54) is 6.07 Å². The average molecular weight is 281 g/mol. The number of thioether (sulfide) groups is 1. The lowest BCUT2D eigenvalue weighted by Gasteiger charge is -2.06. The van der Waals surface area contributed by atoms with Gasteiger partial charge in [0.1, 0.15) is 11.0 Å². The van der Waals surface area contributed by atoms with Gasteiger partial charge in [0.05, 0.1) is 5.69 Å². The molecule has 0 spiro atoms. The van der Waals surface area contributed by atoms with Crippen molar-refractivity contribution in [3.05, 3.63) is 46.0 Å². The molecule has 0 N–H and O–H groups in total. The molecule has 18 heavy (non-hydrogen) atoms. The second kappa shape index (κ2) is 4.52. The Balaban J connectivity index is 2.12. The molecular formula is C13H10ClFN2S. The van der Waals surface area contributed by atoms with E-state index >= 15 is 0 Å². The maximum absolute atomic E-state index is 13.2. The Bertz CT molecular complexity index is 631. The maximum Gasteiger partial charge on any atom is 0.161 e. The lowest BCUT2D eigenvalue weighted by molar-refractivity contribution is 0.618. The van der Waals surface area contributed by atoms with Crippen LogP contribution in [-0.4, -0.2) is 9.97 Å². The molecule has 1 aromatic carbocycles. The van der Waals surface area contributed by atoms with Crippen molar-refractivity contribution in [1.29, 1.82) is 0 Å². The molecule has 1 aromatic heterocycles. The van der Waals surface area contributed by atoms with E-state index in [9.17, 15) is 4.39 Å². The number of nitrogens with zero attached hydrogens (tertiary/aromatic N) is 2. The minimum Gasteiger partial charge on any atom is -0.232 e. The third-order valence-corrected chi connectivity index (χ3v) is 4.23. The molecule has 2 nitrogen and oxygen atoms in total. The molecule has 0 amide bonds. The predicted molar refractivity (Wildman–Crippen MR) is 72.2 cm³/mol. The van der Waals surface area contributed by atoms with Crippen molar-refractivity contribution in [2.75, 3.05) is 0 Å². The minimum atomic E-state index is -0.221. The topological polar surface area (TPSA) is 25.8 Å². The molecule has 1 aliphatic heterocycles. The van der Waals surface area contributed by atoms with Crippen LogP contribution in [0.5, 0.6) is 0 Å². The highest BCUT2D eigenvalue weighted by Crippen LogP contribution is 2.34. The number of halogens is 2. The maximum atomic E-state index is 13.2. The molecule has 3 rings (SSSR count). The van der Waals surface area contributed by atoms with Crippen molar-refractivity contribution in [2.45, 2.75) is 18.4 Å². The largest absolute Gasteiger partial charge is 0.232 e. The van der Waals surface area contributed by atoms with Gasteiger partial charge in [0, 0.05) is 22.6 Å². The fourth-order valence-electron chi connectivity index (χ4n) is 1.92. The second-order valence-electron chi connectivity index (χ2n) is 4.22. The highest BCUT2D eigenvalue weighted by molar-refractivity contribution is 7.98. The van der Waals surface area contributed by atoms with Gasteiger partial charge >= 0.3 is 0 Å². The zero-order valence-corrected chi connectivity index (χ0v) is 11.3. The van der Waals surface area contributed by atoms with Crippen molar-refractivity contribution in [3.8, 4) is 11.4 Å². The zero-order valence-electron chi connectivity index (χ0n) is 9.70. The van der Waals surface area contributed by atoms with Gasteiger partial charge in [-0.3, -0.25) is 0 Å². The molecule has 0 aliphatic carbocycles. The summed E-state index contributed by atoms with van der Waals surface area (Å²) in [6.45, 7) is 1.73. The van der Waals surface area contributed by atoms with Crippen LogP contribution in [0.15, 0.2) is 18.2 Å². The third kappa shape index (κ3) is 1.99. The standard InChI is InChI=1S/C13H10ClFN2S/c1-7-4-8(2-3-10(7)15)13-16-11-6-18-5-9(11)12(14)17-13/h2-4H,5-6H2,1H3. The molecule has 2 aromatic rings. The lowest BCUT2D eigenvalue weighted by atomic mass is 10.1. The smallest absolute Gasteiger partial charge is 0.161 e. The molecule has 0 atom stereocenters. The van der Waals surface area contributed by atoms with Crippen LogP contribution in [0, 0.1) is 12.7 Å². The van der Waals surface area contributed by atoms with Crippen molar-refractivity contribution in [2.24, 2.45) is 0 Å². The first-order valence-corrected chi connectivity index (χ1v) is 7.08. The third-order valence-electron chi connectivity index (χ3n) is 2.94. The van der Waals surface area contributed by atoms with Crippen molar-refractivity contribution < 1.29 is 4.39 Å². The second-order valence-corrected chi connectivity index (χ2v) is 5.56. The van der Waals surface area contributed by atoms with Gasteiger partial charge in [-0.25, -0.2) is 14.4 Å². The summed E-state index contributed by atoms with van der Waals surface area (Å²) in [4.78, 5) is 8.82. The Hall–Kier alpha value is -1.13. The van der Waals surface area contributed by atoms with Gasteiger partial charge in [0.15, 0.2) is 5.82 Å². The molecule has 0 saturated heterocycles. The first kappa shape index (κ1) is 11.9. The van der Waals surface area contributed by atoms with Crippen LogP contribution < -0.4 is 0 Å². The van der Waals surface area contributed by atoms with Crippen molar-refractivity contribution in [3.63, 3.8) is 0 Å². The molecule has 0 radical (unpaired) electrons. The normalized spacial score (nSPS) is 13.7. The average Bonchev–Trinajstić information content (AvgIpc) is 2.81. The van der Waals surface area contributed by atoms with Gasteiger partial charge in [0.25, 0.3) is 0 Å². The van der Waals surface area contributed by atoms with Gasteiger partial charge in [-0.05, 0) is 30.7 Å². The Kier molecular flexibility index (Phi) is 2.99. The predicted octanol–water partition coefficient (Wildman–Crippen LogP) is 3.99. The summed E-state index contributed by atoms with van der Waals surface area (Å²) in [6.07, 6.45) is 0. The SMILES string of the molecule is Cc1cc(-c2nc(Cl)c3c(n2)CSC3)ccc1F. The van der Waals surface area contributed by atoms with Gasteiger partial charge in [-0.15, -0.1) is 0 Å². The van der Waals surface area contributed by atoms with Crippen LogP contribution in [-0.2, 0) is 11.5 Å². The van der Waals surface area contributed by atoms with Gasteiger partial charge in [-0.2, -0.15) is 11.8 Å². The number of hydrogen-bond donors (Lipinski definition) is 0. The fourth-order valence-corrected chi connectivity index (χ4v) is 3.30. The summed E-state index contributed by atoms with van der Waals surface area (Å²) in [5.41, 5.74) is 3.42. The Morgan fingerprint density at radius 3 is 2.89 bits per heavy atom. The van der Waals surface area contributed by atoms with E-state index in [-0.39, 0.29) is 5.82 Å². The zero-order chi connectivity index (χ0) is 12.7. The van der Waals surface area contributed by atoms with Crippen molar-refractivity contribution >= 4 is 23.4 Å². The summed E-state index contributed by atoms with van der Waals surface area (Å²) in [7, 11) is 0. The number of benzene rings is 1. The number of aromatic nitrogens is 2. The molecule has 1 aliphatic rings. The highest BCUT2D eigenvalue weighted by atomic mass is 35.5.